The van der Waals surface area contributed by atoms with E-state index in [1.807, 2.05) is 0 Å². The Morgan fingerprint density at radius 1 is 0.290 bits per heavy atom. The van der Waals surface area contributed by atoms with Crippen LogP contribution in [0.15, 0.2) is 0 Å². The zero-order chi connectivity index (χ0) is 73.7. The van der Waals surface area contributed by atoms with E-state index in [0.717, 1.165) is 108 Å². The van der Waals surface area contributed by atoms with Crippen molar-refractivity contribution < 1.29 is 80.2 Å². The molecular formula is C81H158O17P2. The second-order valence-electron chi connectivity index (χ2n) is 30.4. The van der Waals surface area contributed by atoms with E-state index in [0.29, 0.717) is 25.7 Å². The molecule has 0 aliphatic rings. The first-order chi connectivity index (χ1) is 48.3. The molecule has 594 valence electrons. The summed E-state index contributed by atoms with van der Waals surface area (Å²) in [5.74, 6) is 0.242. The first-order valence-corrected chi connectivity index (χ1v) is 44.9. The van der Waals surface area contributed by atoms with Gasteiger partial charge in [-0.3, -0.25) is 37.3 Å². The van der Waals surface area contributed by atoms with Crippen LogP contribution in [0.25, 0.3) is 0 Å². The van der Waals surface area contributed by atoms with Crippen molar-refractivity contribution in [2.75, 3.05) is 39.6 Å². The Morgan fingerprint density at radius 3 is 0.760 bits per heavy atom. The van der Waals surface area contributed by atoms with Crippen molar-refractivity contribution >= 4 is 39.5 Å². The second-order valence-corrected chi connectivity index (χ2v) is 33.3. The van der Waals surface area contributed by atoms with Crippen molar-refractivity contribution in [3.8, 4) is 0 Å². The van der Waals surface area contributed by atoms with Crippen molar-refractivity contribution in [3.05, 3.63) is 0 Å². The molecule has 0 heterocycles. The normalized spacial score (nSPS) is 14.2. The number of aliphatic hydroxyl groups excluding tert-OH is 1. The maximum Gasteiger partial charge on any atom is 0.472 e. The predicted molar refractivity (Wildman–Crippen MR) is 409 cm³/mol. The average molecular weight is 1470 g/mol. The lowest BCUT2D eigenvalue weighted by Gasteiger charge is -2.21. The quantitative estimate of drug-likeness (QED) is 0.0222. The van der Waals surface area contributed by atoms with Crippen LogP contribution in [0.4, 0.5) is 0 Å². The fraction of sp³-hybridized carbons (Fsp3) is 0.951. The van der Waals surface area contributed by atoms with E-state index in [4.69, 9.17) is 37.0 Å². The first-order valence-electron chi connectivity index (χ1n) is 41.9. The fourth-order valence-electron chi connectivity index (χ4n) is 12.5. The molecule has 0 aliphatic carbocycles. The van der Waals surface area contributed by atoms with Gasteiger partial charge in [0.25, 0.3) is 0 Å². The number of aliphatic hydroxyl groups is 1. The highest BCUT2D eigenvalue weighted by Gasteiger charge is 2.30. The monoisotopic (exact) mass is 1470 g/mol. The molecular weight excluding hydrogens is 1310 g/mol. The number of ether oxygens (including phenoxy) is 4. The number of hydrogen-bond acceptors (Lipinski definition) is 15. The second kappa shape index (κ2) is 71.3. The molecule has 0 saturated carbocycles. The number of phosphoric ester groups is 2. The van der Waals surface area contributed by atoms with E-state index in [1.54, 1.807) is 0 Å². The number of rotatable bonds is 79. The Balaban J connectivity index is 5.26. The molecule has 0 rings (SSSR count). The summed E-state index contributed by atoms with van der Waals surface area (Å²) in [7, 11) is -9.92. The molecule has 0 radical (unpaired) electrons. The Bertz CT molecular complexity index is 1940. The van der Waals surface area contributed by atoms with Gasteiger partial charge in [-0.05, 0) is 43.4 Å². The maximum absolute atomic E-state index is 13.1. The van der Waals surface area contributed by atoms with Gasteiger partial charge in [-0.25, -0.2) is 9.13 Å². The molecule has 0 aliphatic heterocycles. The van der Waals surface area contributed by atoms with Crippen molar-refractivity contribution in [2.24, 2.45) is 17.8 Å². The fourth-order valence-corrected chi connectivity index (χ4v) is 14.0. The molecule has 3 N–H and O–H groups in total. The minimum Gasteiger partial charge on any atom is -0.462 e. The predicted octanol–water partition coefficient (Wildman–Crippen LogP) is 24.1. The summed E-state index contributed by atoms with van der Waals surface area (Å²) in [6, 6.07) is 0. The molecule has 0 saturated heterocycles. The number of phosphoric acid groups is 2. The molecule has 3 unspecified atom stereocenters. The Hall–Kier alpha value is -1.94. The number of esters is 4. The van der Waals surface area contributed by atoms with Crippen LogP contribution in [-0.2, 0) is 65.4 Å². The molecule has 100 heavy (non-hydrogen) atoms. The highest BCUT2D eigenvalue weighted by molar-refractivity contribution is 7.47. The Morgan fingerprint density at radius 2 is 0.510 bits per heavy atom. The third-order valence-corrected chi connectivity index (χ3v) is 21.1. The van der Waals surface area contributed by atoms with E-state index in [9.17, 15) is 43.2 Å². The minimum absolute atomic E-state index is 0.106. The molecule has 0 aromatic carbocycles. The van der Waals surface area contributed by atoms with Gasteiger partial charge < -0.3 is 33.8 Å². The summed E-state index contributed by atoms with van der Waals surface area (Å²) < 4.78 is 68.8. The number of carbonyl (C=O) groups excluding carboxylic acids is 4. The molecule has 17 nitrogen and oxygen atoms in total. The zero-order valence-electron chi connectivity index (χ0n) is 65.7. The molecule has 0 spiro atoms. The van der Waals surface area contributed by atoms with Gasteiger partial charge in [0, 0.05) is 25.7 Å². The molecule has 6 atom stereocenters. The SMILES string of the molecule is CCCCCCCCCCCCCCCCCC(=O)OC[C@H](COP(=O)(O)OC[C@@H](O)COP(=O)(O)OC[C@@H](COC(=O)CCCCCCCCCCC(C)CC)OC(=O)CCCCCCCCCCCCCC(C)C)OC(=O)CCCCCCCCCCCCCCCCCCC(C)C. The van der Waals surface area contributed by atoms with Gasteiger partial charge in [0.05, 0.1) is 26.4 Å². The van der Waals surface area contributed by atoms with Crippen LogP contribution in [0, 0.1) is 17.8 Å². The topological polar surface area (TPSA) is 237 Å². The molecule has 0 aromatic rings. The van der Waals surface area contributed by atoms with Crippen molar-refractivity contribution in [3.63, 3.8) is 0 Å². The number of unbranched alkanes of at least 4 members (excludes halogenated alkanes) is 46. The summed E-state index contributed by atoms with van der Waals surface area (Å²) in [6.45, 7) is 12.0. The third kappa shape index (κ3) is 73.0. The first kappa shape index (κ1) is 98.1. The van der Waals surface area contributed by atoms with Crippen molar-refractivity contribution in [2.45, 2.75) is 439 Å². The van der Waals surface area contributed by atoms with E-state index >= 15 is 0 Å². The number of hydrogen-bond donors (Lipinski definition) is 3. The average Bonchev–Trinajstić information content (AvgIpc) is 0.924. The van der Waals surface area contributed by atoms with E-state index < -0.39 is 97.5 Å². The van der Waals surface area contributed by atoms with Gasteiger partial charge in [-0.1, -0.05) is 370 Å². The van der Waals surface area contributed by atoms with Gasteiger partial charge in [-0.2, -0.15) is 0 Å². The van der Waals surface area contributed by atoms with Crippen LogP contribution in [0.2, 0.25) is 0 Å². The molecule has 0 aromatic heterocycles. The molecule has 19 heteroatoms. The zero-order valence-corrected chi connectivity index (χ0v) is 67.5. The van der Waals surface area contributed by atoms with Gasteiger partial charge in [-0.15, -0.1) is 0 Å². The summed E-state index contributed by atoms with van der Waals surface area (Å²) >= 11 is 0. The molecule has 0 amide bonds. The van der Waals surface area contributed by atoms with Crippen LogP contribution in [0.5, 0.6) is 0 Å². The lowest BCUT2D eigenvalue weighted by Crippen LogP contribution is -2.30. The van der Waals surface area contributed by atoms with Crippen LogP contribution >= 0.6 is 15.6 Å². The smallest absolute Gasteiger partial charge is 0.462 e. The summed E-state index contributed by atoms with van der Waals surface area (Å²) in [5, 5.41) is 10.6. The Labute approximate surface area is 613 Å². The number of carbonyl (C=O) groups is 4. The lowest BCUT2D eigenvalue weighted by atomic mass is 9.99. The third-order valence-electron chi connectivity index (χ3n) is 19.2. The van der Waals surface area contributed by atoms with Crippen molar-refractivity contribution in [1.29, 1.82) is 0 Å². The lowest BCUT2D eigenvalue weighted by molar-refractivity contribution is -0.161. The minimum atomic E-state index is -4.96. The maximum atomic E-state index is 13.1. The molecule has 0 bridgehead atoms. The van der Waals surface area contributed by atoms with Crippen molar-refractivity contribution in [1.82, 2.24) is 0 Å². The van der Waals surface area contributed by atoms with Crippen LogP contribution in [-0.4, -0.2) is 96.7 Å². The highest BCUT2D eigenvalue weighted by Crippen LogP contribution is 2.45. The van der Waals surface area contributed by atoms with Gasteiger partial charge in [0.2, 0.25) is 0 Å². The Kier molecular flexibility index (Phi) is 69.9. The van der Waals surface area contributed by atoms with E-state index in [2.05, 4.69) is 48.5 Å². The van der Waals surface area contributed by atoms with Gasteiger partial charge in [0.15, 0.2) is 12.2 Å². The van der Waals surface area contributed by atoms with E-state index in [-0.39, 0.29) is 25.7 Å². The van der Waals surface area contributed by atoms with Crippen LogP contribution in [0.3, 0.4) is 0 Å². The van der Waals surface area contributed by atoms with E-state index in [1.165, 1.54) is 231 Å². The van der Waals surface area contributed by atoms with Gasteiger partial charge in [0.1, 0.15) is 19.3 Å². The largest absolute Gasteiger partial charge is 0.472 e. The summed E-state index contributed by atoms with van der Waals surface area (Å²) in [4.78, 5) is 73.1. The summed E-state index contributed by atoms with van der Waals surface area (Å²) in [5.41, 5.74) is 0. The van der Waals surface area contributed by atoms with Crippen LogP contribution in [0.1, 0.15) is 421 Å². The standard InChI is InChI=1S/C81H158O17P2/c1-8-10-11-12-13-14-15-16-19-23-28-33-41-48-55-62-78(83)91-68-76(97-80(85)64-57-50-43-34-29-24-21-18-17-20-22-26-31-38-45-52-59-72(3)4)70-95-99(87,88)93-66-75(82)67-94-100(89,90)96-71-77(69-92-79(84)63-56-49-42-37-36-40-47-54-61-74(7)9-2)98-81(86)65-58-51-44-35-30-25-27-32-39-46-53-60-73(5)6/h72-77,82H,8-71H2,1-7H3,(H,87,88)(H,89,90)/t74?,75-,76-,77-/m1/s1. The molecule has 0 fully saturated rings. The highest BCUT2D eigenvalue weighted by atomic mass is 31.2. The summed E-state index contributed by atoms with van der Waals surface area (Å²) in [6.07, 6.45) is 59.5. The van der Waals surface area contributed by atoms with Crippen LogP contribution < -0.4 is 0 Å². The van der Waals surface area contributed by atoms with Gasteiger partial charge >= 0.3 is 39.5 Å².